The Kier molecular flexibility index (Phi) is 5.77. The van der Waals surface area contributed by atoms with E-state index in [1.807, 2.05) is 32.0 Å². The lowest BCUT2D eigenvalue weighted by Crippen LogP contribution is -2.16. The average molecular weight is 439 g/mol. The van der Waals surface area contributed by atoms with Crippen LogP contribution in [0, 0.1) is 6.92 Å². The Labute approximate surface area is 183 Å². The summed E-state index contributed by atoms with van der Waals surface area (Å²) in [7, 11) is 3.03. The SMILES string of the molecule is CCOc1cccc2sc(-n3nc(C)cc3NC(=O)c3cccc(OC)c3OC)nc12. The molecule has 0 saturated heterocycles. The van der Waals surface area contributed by atoms with E-state index in [2.05, 4.69) is 10.4 Å². The highest BCUT2D eigenvalue weighted by molar-refractivity contribution is 7.20. The van der Waals surface area contributed by atoms with Gasteiger partial charge in [0, 0.05) is 6.07 Å². The third-order valence-corrected chi connectivity index (χ3v) is 5.57. The molecule has 0 atom stereocenters. The van der Waals surface area contributed by atoms with Gasteiger partial charge in [0.2, 0.25) is 5.13 Å². The van der Waals surface area contributed by atoms with Crippen molar-refractivity contribution in [3.63, 3.8) is 0 Å². The number of nitrogens with one attached hydrogen (secondary N) is 1. The third kappa shape index (κ3) is 3.91. The number of hydrogen-bond acceptors (Lipinski definition) is 7. The van der Waals surface area contributed by atoms with Crippen molar-refractivity contribution in [2.45, 2.75) is 13.8 Å². The number of hydrogen-bond donors (Lipinski definition) is 1. The van der Waals surface area contributed by atoms with E-state index in [0.29, 0.717) is 34.6 Å². The number of ether oxygens (including phenoxy) is 3. The van der Waals surface area contributed by atoms with Crippen LogP contribution < -0.4 is 19.5 Å². The minimum atomic E-state index is -0.340. The van der Waals surface area contributed by atoms with Crippen LogP contribution in [-0.2, 0) is 0 Å². The Bertz CT molecular complexity index is 1250. The molecule has 0 aliphatic rings. The van der Waals surface area contributed by atoms with E-state index in [4.69, 9.17) is 19.2 Å². The highest BCUT2D eigenvalue weighted by atomic mass is 32.1. The van der Waals surface area contributed by atoms with Crippen LogP contribution in [0.4, 0.5) is 5.82 Å². The zero-order chi connectivity index (χ0) is 22.0. The molecule has 9 heteroatoms. The molecule has 1 amide bonds. The maximum Gasteiger partial charge on any atom is 0.260 e. The number of amides is 1. The van der Waals surface area contributed by atoms with E-state index in [9.17, 15) is 4.79 Å². The molecule has 0 radical (unpaired) electrons. The molecule has 0 unspecified atom stereocenters. The van der Waals surface area contributed by atoms with Crippen molar-refractivity contribution >= 4 is 33.3 Å². The molecule has 1 N–H and O–H groups in total. The largest absolute Gasteiger partial charge is 0.493 e. The van der Waals surface area contributed by atoms with E-state index in [1.54, 1.807) is 28.9 Å². The minimum Gasteiger partial charge on any atom is -0.493 e. The number of methoxy groups -OCH3 is 2. The summed E-state index contributed by atoms with van der Waals surface area (Å²) >= 11 is 1.47. The van der Waals surface area contributed by atoms with Crippen LogP contribution in [0.5, 0.6) is 17.2 Å². The zero-order valence-electron chi connectivity index (χ0n) is 17.6. The van der Waals surface area contributed by atoms with Gasteiger partial charge in [-0.05, 0) is 38.1 Å². The molecule has 0 fully saturated rings. The first-order valence-corrected chi connectivity index (χ1v) is 10.5. The third-order valence-electron chi connectivity index (χ3n) is 4.57. The van der Waals surface area contributed by atoms with Gasteiger partial charge in [-0.3, -0.25) is 4.79 Å². The van der Waals surface area contributed by atoms with Crippen molar-refractivity contribution in [1.82, 2.24) is 14.8 Å². The normalized spacial score (nSPS) is 10.8. The molecule has 8 nitrogen and oxygen atoms in total. The van der Waals surface area contributed by atoms with Crippen LogP contribution in [0.15, 0.2) is 42.5 Å². The maximum absolute atomic E-state index is 13.0. The molecule has 0 aliphatic heterocycles. The van der Waals surface area contributed by atoms with Gasteiger partial charge < -0.3 is 19.5 Å². The fourth-order valence-electron chi connectivity index (χ4n) is 3.26. The number of aromatic nitrogens is 3. The van der Waals surface area contributed by atoms with Crippen molar-refractivity contribution in [2.75, 3.05) is 26.1 Å². The minimum absolute atomic E-state index is 0.340. The monoisotopic (exact) mass is 438 g/mol. The molecule has 0 aliphatic carbocycles. The molecule has 0 saturated carbocycles. The number of carbonyl (C=O) groups is 1. The number of anilines is 1. The van der Waals surface area contributed by atoms with Crippen LogP contribution >= 0.6 is 11.3 Å². The van der Waals surface area contributed by atoms with Crippen molar-refractivity contribution in [3.8, 4) is 22.4 Å². The van der Waals surface area contributed by atoms with E-state index in [-0.39, 0.29) is 5.91 Å². The standard InChI is InChI=1S/C22H22N4O4S/c1-5-30-15-9-7-11-17-19(15)24-22(31-17)26-18(12-13(2)25-26)23-21(27)14-8-6-10-16(28-3)20(14)29-4/h6-12H,5H2,1-4H3,(H,23,27). The Morgan fingerprint density at radius 3 is 2.65 bits per heavy atom. The number of benzene rings is 2. The highest BCUT2D eigenvalue weighted by Crippen LogP contribution is 2.34. The smallest absolute Gasteiger partial charge is 0.260 e. The van der Waals surface area contributed by atoms with Gasteiger partial charge in [0.25, 0.3) is 5.91 Å². The topological polar surface area (TPSA) is 87.5 Å². The summed E-state index contributed by atoms with van der Waals surface area (Å²) in [5.74, 6) is 1.73. The lowest BCUT2D eigenvalue weighted by molar-refractivity contribution is 0.102. The molecule has 4 rings (SSSR count). The molecule has 0 spiro atoms. The number of rotatable bonds is 7. The first-order valence-electron chi connectivity index (χ1n) is 9.67. The Balaban J connectivity index is 1.71. The van der Waals surface area contributed by atoms with Gasteiger partial charge >= 0.3 is 0 Å². The van der Waals surface area contributed by atoms with Gasteiger partial charge in [-0.2, -0.15) is 9.78 Å². The molecule has 31 heavy (non-hydrogen) atoms. The second-order valence-corrected chi connectivity index (χ2v) is 7.62. The van der Waals surface area contributed by atoms with Crippen LogP contribution in [-0.4, -0.2) is 41.5 Å². The quantitative estimate of drug-likeness (QED) is 0.458. The number of carbonyl (C=O) groups excluding carboxylic acids is 1. The van der Waals surface area contributed by atoms with E-state index >= 15 is 0 Å². The molecule has 2 heterocycles. The predicted molar refractivity (Wildman–Crippen MR) is 120 cm³/mol. The van der Waals surface area contributed by atoms with E-state index < -0.39 is 0 Å². The van der Waals surface area contributed by atoms with Gasteiger partial charge in [0.15, 0.2) is 11.5 Å². The van der Waals surface area contributed by atoms with Crippen molar-refractivity contribution < 1.29 is 19.0 Å². The van der Waals surface area contributed by atoms with Crippen LogP contribution in [0.2, 0.25) is 0 Å². The fourth-order valence-corrected chi connectivity index (χ4v) is 4.21. The van der Waals surface area contributed by atoms with Crippen LogP contribution in [0.3, 0.4) is 0 Å². The number of nitrogens with zero attached hydrogens (tertiary/aromatic N) is 3. The molecular formula is C22H22N4O4S. The second-order valence-electron chi connectivity index (χ2n) is 6.61. The number of para-hydroxylation sites is 2. The summed E-state index contributed by atoms with van der Waals surface area (Å²) in [6, 6.07) is 12.7. The van der Waals surface area contributed by atoms with E-state index in [1.165, 1.54) is 25.6 Å². The zero-order valence-corrected chi connectivity index (χ0v) is 18.4. The molecule has 0 bridgehead atoms. The number of thiazole rings is 1. The molecule has 160 valence electrons. The number of fused-ring (bicyclic) bond motifs is 1. The molecule has 4 aromatic rings. The van der Waals surface area contributed by atoms with Crippen LogP contribution in [0.25, 0.3) is 15.3 Å². The maximum atomic E-state index is 13.0. The Hall–Kier alpha value is -3.59. The summed E-state index contributed by atoms with van der Waals surface area (Å²) in [6.07, 6.45) is 0. The van der Waals surface area contributed by atoms with Gasteiger partial charge in [-0.1, -0.05) is 23.5 Å². The lowest BCUT2D eigenvalue weighted by atomic mass is 10.1. The van der Waals surface area contributed by atoms with Gasteiger partial charge in [0.05, 0.1) is 36.8 Å². The Morgan fingerprint density at radius 2 is 1.90 bits per heavy atom. The van der Waals surface area contributed by atoms with Crippen molar-refractivity contribution in [2.24, 2.45) is 0 Å². The summed E-state index contributed by atoms with van der Waals surface area (Å²) in [5.41, 5.74) is 1.87. The fraction of sp³-hybridized carbons (Fsp3) is 0.227. The molecule has 2 aromatic carbocycles. The first kappa shape index (κ1) is 20.7. The van der Waals surface area contributed by atoms with Gasteiger partial charge in [-0.25, -0.2) is 4.98 Å². The van der Waals surface area contributed by atoms with Crippen molar-refractivity contribution in [3.05, 3.63) is 53.7 Å². The van der Waals surface area contributed by atoms with Crippen LogP contribution in [0.1, 0.15) is 23.0 Å². The molecular weight excluding hydrogens is 416 g/mol. The summed E-state index contributed by atoms with van der Waals surface area (Å²) in [6.45, 7) is 4.34. The first-order chi connectivity index (χ1) is 15.0. The number of aryl methyl sites for hydroxylation is 1. The van der Waals surface area contributed by atoms with E-state index in [0.717, 1.165) is 21.7 Å². The van der Waals surface area contributed by atoms with Gasteiger partial charge in [0.1, 0.15) is 17.1 Å². The van der Waals surface area contributed by atoms with Crippen molar-refractivity contribution in [1.29, 1.82) is 0 Å². The summed E-state index contributed by atoms with van der Waals surface area (Å²) < 4.78 is 19.0. The predicted octanol–water partition coefficient (Wildman–Crippen LogP) is 4.46. The summed E-state index contributed by atoms with van der Waals surface area (Å²) in [5, 5.41) is 8.07. The second kappa shape index (κ2) is 8.65. The Morgan fingerprint density at radius 1 is 1.13 bits per heavy atom. The average Bonchev–Trinajstić information content (AvgIpc) is 3.36. The highest BCUT2D eigenvalue weighted by Gasteiger charge is 2.20. The van der Waals surface area contributed by atoms with Gasteiger partial charge in [-0.15, -0.1) is 0 Å². The lowest BCUT2D eigenvalue weighted by Gasteiger charge is -2.12. The molecule has 2 aromatic heterocycles. The summed E-state index contributed by atoms with van der Waals surface area (Å²) in [4.78, 5) is 17.8.